The molecule has 1 aromatic carbocycles. The smallest absolute Gasteiger partial charge is 0.303 e. The Balaban J connectivity index is 2.64. The molecule has 0 spiro atoms. The van der Waals surface area contributed by atoms with Gasteiger partial charge in [-0.2, -0.15) is 8.42 Å². The fourth-order valence-corrected chi connectivity index (χ4v) is 3.16. The van der Waals surface area contributed by atoms with Gasteiger partial charge < -0.3 is 5.11 Å². The lowest BCUT2D eigenvalue weighted by atomic mass is 9.90. The monoisotopic (exact) mass is 342 g/mol. The summed E-state index contributed by atoms with van der Waals surface area (Å²) in [5.74, 6) is -0.992. The predicted molar refractivity (Wildman–Crippen MR) is 89.2 cm³/mol. The first-order valence-corrected chi connectivity index (χ1v) is 9.58. The van der Waals surface area contributed by atoms with Crippen molar-refractivity contribution in [3.8, 4) is 0 Å². The second-order valence-electron chi connectivity index (χ2n) is 5.90. The highest BCUT2D eigenvalue weighted by Gasteiger charge is 2.17. The average Bonchev–Trinajstić information content (AvgIpc) is 2.48. The third kappa shape index (κ3) is 7.61. The van der Waals surface area contributed by atoms with Crippen molar-refractivity contribution in [1.82, 2.24) is 0 Å². The van der Waals surface area contributed by atoms with Crippen LogP contribution in [0.1, 0.15) is 69.8 Å². The molecule has 0 fully saturated rings. The molecule has 130 valence electrons. The van der Waals surface area contributed by atoms with Gasteiger partial charge in [-0.05, 0) is 30.0 Å². The van der Waals surface area contributed by atoms with Crippen molar-refractivity contribution in [1.29, 1.82) is 0 Å². The molecule has 0 aliphatic carbocycles. The summed E-state index contributed by atoms with van der Waals surface area (Å²) < 4.78 is 31.1. The predicted octanol–water partition coefficient (Wildman–Crippen LogP) is 4.24. The maximum absolute atomic E-state index is 11.1. The Morgan fingerprint density at radius 3 is 2.13 bits per heavy atom. The zero-order valence-corrected chi connectivity index (χ0v) is 14.4. The minimum Gasteiger partial charge on any atom is -0.481 e. The lowest BCUT2D eigenvalue weighted by molar-refractivity contribution is -0.137. The number of hydrogen-bond donors (Lipinski definition) is 2. The third-order valence-electron chi connectivity index (χ3n) is 3.98. The number of benzene rings is 1. The van der Waals surface area contributed by atoms with Crippen molar-refractivity contribution >= 4 is 16.1 Å². The highest BCUT2D eigenvalue weighted by Crippen LogP contribution is 2.27. The van der Waals surface area contributed by atoms with Crippen LogP contribution in [-0.2, 0) is 14.9 Å². The molecule has 1 atom stereocenters. The van der Waals surface area contributed by atoms with E-state index in [9.17, 15) is 13.2 Å². The standard InChI is InChI=1S/C17H26O5S/c1-2-3-4-5-6-7-8-15(13-17(18)19)14-9-11-16(12-10-14)23(20,21)22/h9-12,15H,2-8,13H2,1H3,(H,18,19)(H,20,21,22). The first-order valence-electron chi connectivity index (χ1n) is 8.13. The molecule has 2 N–H and O–H groups in total. The maximum Gasteiger partial charge on any atom is 0.303 e. The zero-order chi connectivity index (χ0) is 17.3. The number of rotatable bonds is 11. The summed E-state index contributed by atoms with van der Waals surface area (Å²) >= 11 is 0. The summed E-state index contributed by atoms with van der Waals surface area (Å²) in [5, 5.41) is 9.07. The van der Waals surface area contributed by atoms with E-state index < -0.39 is 16.1 Å². The fourth-order valence-electron chi connectivity index (χ4n) is 2.68. The normalized spacial score (nSPS) is 13.0. The Bertz CT molecular complexity index is 578. The van der Waals surface area contributed by atoms with E-state index >= 15 is 0 Å². The molecule has 0 heterocycles. The van der Waals surface area contributed by atoms with Crippen molar-refractivity contribution in [2.45, 2.75) is 69.1 Å². The number of unbranched alkanes of at least 4 members (excludes halogenated alkanes) is 5. The van der Waals surface area contributed by atoms with Crippen molar-refractivity contribution in [3.05, 3.63) is 29.8 Å². The van der Waals surface area contributed by atoms with Crippen molar-refractivity contribution in [2.75, 3.05) is 0 Å². The number of carboxylic acid groups (broad SMARTS) is 1. The van der Waals surface area contributed by atoms with E-state index in [2.05, 4.69) is 6.92 Å². The van der Waals surface area contributed by atoms with Crippen molar-refractivity contribution in [3.63, 3.8) is 0 Å². The number of aliphatic carboxylic acids is 1. The Morgan fingerprint density at radius 1 is 1.04 bits per heavy atom. The molecular weight excluding hydrogens is 316 g/mol. The van der Waals surface area contributed by atoms with Crippen molar-refractivity contribution in [2.24, 2.45) is 0 Å². The molecular formula is C17H26O5S. The Morgan fingerprint density at radius 2 is 1.61 bits per heavy atom. The molecule has 1 aromatic rings. The average molecular weight is 342 g/mol. The quantitative estimate of drug-likeness (QED) is 0.463. The highest BCUT2D eigenvalue weighted by atomic mass is 32.2. The molecule has 5 nitrogen and oxygen atoms in total. The second kappa shape index (κ2) is 9.67. The third-order valence-corrected chi connectivity index (χ3v) is 4.84. The van der Waals surface area contributed by atoms with Gasteiger partial charge in [0.05, 0.1) is 11.3 Å². The van der Waals surface area contributed by atoms with Gasteiger partial charge in [0.1, 0.15) is 0 Å². The molecule has 0 bridgehead atoms. The summed E-state index contributed by atoms with van der Waals surface area (Å²) in [6.07, 6.45) is 7.64. The summed E-state index contributed by atoms with van der Waals surface area (Å²) in [4.78, 5) is 10.9. The van der Waals surface area contributed by atoms with Gasteiger partial charge in [0.15, 0.2) is 0 Å². The number of carboxylic acids is 1. The molecule has 6 heteroatoms. The minimum atomic E-state index is -4.21. The van der Waals surface area contributed by atoms with E-state index in [-0.39, 0.29) is 17.2 Å². The molecule has 0 radical (unpaired) electrons. The summed E-state index contributed by atoms with van der Waals surface area (Å²) in [5.41, 5.74) is 0.799. The van der Waals surface area contributed by atoms with Crippen LogP contribution in [0.5, 0.6) is 0 Å². The van der Waals surface area contributed by atoms with Crippen LogP contribution in [-0.4, -0.2) is 24.0 Å². The van der Waals surface area contributed by atoms with Crippen LogP contribution < -0.4 is 0 Å². The topological polar surface area (TPSA) is 91.7 Å². The Hall–Kier alpha value is -1.40. The van der Waals surface area contributed by atoms with Gasteiger partial charge in [-0.1, -0.05) is 57.6 Å². The summed E-state index contributed by atoms with van der Waals surface area (Å²) in [7, 11) is -4.21. The SMILES string of the molecule is CCCCCCCCC(CC(=O)O)c1ccc(S(=O)(=O)O)cc1. The largest absolute Gasteiger partial charge is 0.481 e. The van der Waals surface area contributed by atoms with E-state index in [1.54, 1.807) is 12.1 Å². The van der Waals surface area contributed by atoms with Crippen molar-refractivity contribution < 1.29 is 22.9 Å². The van der Waals surface area contributed by atoms with Gasteiger partial charge in [0, 0.05) is 0 Å². The van der Waals surface area contributed by atoms with E-state index in [0.29, 0.717) is 0 Å². The van der Waals surface area contributed by atoms with E-state index in [0.717, 1.165) is 31.2 Å². The van der Waals surface area contributed by atoms with E-state index in [4.69, 9.17) is 9.66 Å². The fraction of sp³-hybridized carbons (Fsp3) is 0.588. The van der Waals surface area contributed by atoms with Gasteiger partial charge in [-0.15, -0.1) is 0 Å². The number of carbonyl (C=O) groups is 1. The lowest BCUT2D eigenvalue weighted by Crippen LogP contribution is -2.07. The molecule has 23 heavy (non-hydrogen) atoms. The van der Waals surface area contributed by atoms with Gasteiger partial charge in [-0.3, -0.25) is 9.35 Å². The van der Waals surface area contributed by atoms with Gasteiger partial charge >= 0.3 is 5.97 Å². The second-order valence-corrected chi connectivity index (χ2v) is 7.32. The molecule has 0 saturated heterocycles. The van der Waals surface area contributed by atoms with E-state index in [1.807, 2.05) is 0 Å². The summed E-state index contributed by atoms with van der Waals surface area (Å²) in [6, 6.07) is 5.82. The van der Waals surface area contributed by atoms with Crippen LogP contribution >= 0.6 is 0 Å². The Kier molecular flexibility index (Phi) is 8.26. The first kappa shape index (κ1) is 19.6. The molecule has 0 amide bonds. The maximum atomic E-state index is 11.1. The first-order chi connectivity index (χ1) is 10.8. The van der Waals surface area contributed by atoms with E-state index in [1.165, 1.54) is 31.4 Å². The number of hydrogen-bond acceptors (Lipinski definition) is 3. The highest BCUT2D eigenvalue weighted by molar-refractivity contribution is 7.85. The lowest BCUT2D eigenvalue weighted by Gasteiger charge is -2.15. The van der Waals surface area contributed by atoms with Crippen LogP contribution in [0.2, 0.25) is 0 Å². The van der Waals surface area contributed by atoms with Gasteiger partial charge in [-0.25, -0.2) is 0 Å². The molecule has 1 rings (SSSR count). The molecule has 0 saturated carbocycles. The van der Waals surface area contributed by atoms with Crippen LogP contribution in [0.25, 0.3) is 0 Å². The molecule has 1 unspecified atom stereocenters. The Labute approximate surface area is 138 Å². The molecule has 0 aliphatic rings. The molecule has 0 aromatic heterocycles. The van der Waals surface area contributed by atoms with Gasteiger partial charge in [0.2, 0.25) is 0 Å². The zero-order valence-electron chi connectivity index (χ0n) is 13.6. The van der Waals surface area contributed by atoms with Crippen LogP contribution in [0.15, 0.2) is 29.2 Å². The van der Waals surface area contributed by atoms with Crippen LogP contribution in [0.3, 0.4) is 0 Å². The minimum absolute atomic E-state index is 0.0280. The van der Waals surface area contributed by atoms with Crippen LogP contribution in [0.4, 0.5) is 0 Å². The molecule has 0 aliphatic heterocycles. The summed E-state index contributed by atoms with van der Waals surface area (Å²) in [6.45, 7) is 2.17. The van der Waals surface area contributed by atoms with Gasteiger partial charge in [0.25, 0.3) is 10.1 Å². The van der Waals surface area contributed by atoms with Crippen LogP contribution in [0, 0.1) is 0 Å².